The minimum absolute atomic E-state index is 0.0588. The lowest BCUT2D eigenvalue weighted by Gasteiger charge is -2.34. The summed E-state index contributed by atoms with van der Waals surface area (Å²) in [6.07, 6.45) is -2.01. The van der Waals surface area contributed by atoms with Crippen molar-refractivity contribution in [1.29, 1.82) is 5.26 Å². The number of hydrogen-bond donors (Lipinski definition) is 0. The van der Waals surface area contributed by atoms with E-state index >= 15 is 0 Å². The summed E-state index contributed by atoms with van der Waals surface area (Å²) in [5, 5.41) is 13.4. The van der Waals surface area contributed by atoms with E-state index in [0.29, 0.717) is 44.1 Å². The van der Waals surface area contributed by atoms with Crippen LogP contribution < -0.4 is 0 Å². The van der Waals surface area contributed by atoms with Crippen molar-refractivity contribution < 1.29 is 27.2 Å². The quantitative estimate of drug-likeness (QED) is 0.280. The van der Waals surface area contributed by atoms with E-state index in [1.54, 1.807) is 6.92 Å². The molecule has 1 fully saturated rings. The van der Waals surface area contributed by atoms with Crippen LogP contribution in [0.1, 0.15) is 45.4 Å². The summed E-state index contributed by atoms with van der Waals surface area (Å²) in [5.41, 5.74) is -0.212. The van der Waals surface area contributed by atoms with E-state index in [1.807, 2.05) is 0 Å². The first-order valence-electron chi connectivity index (χ1n) is 7.41. The average Bonchev–Trinajstić information content (AvgIpc) is 2.51. The minimum atomic E-state index is -4.23. The first kappa shape index (κ1) is 20.1. The van der Waals surface area contributed by atoms with Gasteiger partial charge in [-0.2, -0.15) is 22.8 Å². The van der Waals surface area contributed by atoms with Gasteiger partial charge < -0.3 is 4.84 Å². The van der Waals surface area contributed by atoms with Crippen LogP contribution in [0.15, 0.2) is 5.16 Å². The number of nitriles is 1. The fourth-order valence-electron chi connectivity index (χ4n) is 2.52. The Kier molecular flexibility index (Phi) is 8.16. The monoisotopic (exact) mass is 354 g/mol. The van der Waals surface area contributed by atoms with Crippen LogP contribution in [0.4, 0.5) is 13.2 Å². The van der Waals surface area contributed by atoms with Crippen LogP contribution in [0, 0.1) is 17.2 Å². The molecule has 1 saturated carbocycles. The van der Waals surface area contributed by atoms with Gasteiger partial charge in [-0.15, -0.1) is 0 Å². The molecule has 0 aliphatic heterocycles. The van der Waals surface area contributed by atoms with Gasteiger partial charge in [0.1, 0.15) is 13.2 Å². The zero-order valence-electron chi connectivity index (χ0n) is 13.2. The molecule has 1 unspecified atom stereocenters. The molecule has 0 aromatic heterocycles. The first-order chi connectivity index (χ1) is 10.9. The van der Waals surface area contributed by atoms with E-state index in [9.17, 15) is 18.4 Å². The lowest BCUT2D eigenvalue weighted by molar-refractivity contribution is -0.279. The molecule has 0 spiro atoms. The van der Waals surface area contributed by atoms with E-state index in [0.717, 1.165) is 5.71 Å². The van der Waals surface area contributed by atoms with Gasteiger partial charge in [0, 0.05) is 23.7 Å². The number of oxime groups is 1. The summed E-state index contributed by atoms with van der Waals surface area (Å²) < 4.78 is 41.0. The van der Waals surface area contributed by atoms with Gasteiger partial charge in [-0.05, 0) is 32.1 Å². The van der Waals surface area contributed by atoms with Crippen LogP contribution in [0.5, 0.6) is 0 Å². The maximum atomic E-state index is 12.1. The van der Waals surface area contributed by atoms with Gasteiger partial charge in [0.15, 0.2) is 5.60 Å². The number of halogens is 3. The molecule has 0 saturated heterocycles. The molecule has 0 amide bonds. The Morgan fingerprint density at radius 1 is 1.35 bits per heavy atom. The minimum Gasteiger partial charge on any atom is -0.399 e. The summed E-state index contributed by atoms with van der Waals surface area (Å²) in [5.74, 6) is -0.333. The molecule has 0 N–H and O–H groups in total. The fourth-order valence-corrected chi connectivity index (χ4v) is 3.07. The van der Waals surface area contributed by atoms with E-state index in [2.05, 4.69) is 11.2 Å². The van der Waals surface area contributed by atoms with Crippen molar-refractivity contribution in [3.05, 3.63) is 0 Å². The molecule has 1 aliphatic carbocycles. The van der Waals surface area contributed by atoms with Crippen LogP contribution in [-0.2, 0) is 14.1 Å². The summed E-state index contributed by atoms with van der Waals surface area (Å²) >= 11 is 0.573. The zero-order chi connectivity index (χ0) is 17.3. The van der Waals surface area contributed by atoms with Gasteiger partial charge in [0.05, 0.1) is 12.1 Å². The SMILES string of the molecule is CCC(C#N)(OOSCCC(F)(F)F)C1CCC(=NOC)CC1. The second-order valence-corrected chi connectivity index (χ2v) is 6.09. The molecule has 9 heteroatoms. The van der Waals surface area contributed by atoms with Crippen LogP contribution in [-0.4, -0.2) is 30.4 Å². The van der Waals surface area contributed by atoms with Crippen LogP contribution >= 0.6 is 12.0 Å². The smallest absolute Gasteiger partial charge is 0.389 e. The van der Waals surface area contributed by atoms with E-state index in [-0.39, 0.29) is 11.7 Å². The maximum Gasteiger partial charge on any atom is 0.389 e. The molecular weight excluding hydrogens is 333 g/mol. The van der Waals surface area contributed by atoms with Gasteiger partial charge in [0.2, 0.25) is 0 Å². The summed E-state index contributed by atoms with van der Waals surface area (Å²) in [4.78, 5) is 9.99. The van der Waals surface area contributed by atoms with Crippen molar-refractivity contribution in [3.8, 4) is 6.07 Å². The normalized spacial score (nSPS) is 21.4. The van der Waals surface area contributed by atoms with Crippen molar-refractivity contribution in [2.45, 2.75) is 57.2 Å². The van der Waals surface area contributed by atoms with Crippen LogP contribution in [0.25, 0.3) is 0 Å². The zero-order valence-corrected chi connectivity index (χ0v) is 14.0. The molecule has 1 rings (SSSR count). The van der Waals surface area contributed by atoms with Crippen molar-refractivity contribution in [3.63, 3.8) is 0 Å². The van der Waals surface area contributed by atoms with Crippen LogP contribution in [0.3, 0.4) is 0 Å². The molecule has 1 aliphatic rings. The molecular formula is C14H21F3N2O3S. The Bertz CT molecular complexity index is 430. The molecule has 0 bridgehead atoms. The largest absolute Gasteiger partial charge is 0.399 e. The fraction of sp³-hybridized carbons (Fsp3) is 0.857. The standard InChI is InChI=1S/C14H21F3N2O3S/c1-3-13(10-18,21-22-23-9-8-14(15,16)17)11-4-6-12(7-5-11)19-20-2/h11H,3-9H2,1-2H3. The third-order valence-corrected chi connectivity index (χ3v) is 4.39. The third-order valence-electron chi connectivity index (χ3n) is 3.86. The lowest BCUT2D eigenvalue weighted by atomic mass is 9.76. The Morgan fingerprint density at radius 2 is 2.00 bits per heavy atom. The molecule has 0 heterocycles. The molecule has 0 aromatic rings. The molecule has 1 atom stereocenters. The second kappa shape index (κ2) is 9.35. The highest BCUT2D eigenvalue weighted by Gasteiger charge is 2.42. The highest BCUT2D eigenvalue weighted by Crippen LogP contribution is 2.37. The predicted octanol–water partition coefficient (Wildman–Crippen LogP) is 4.40. The average molecular weight is 354 g/mol. The summed E-state index contributed by atoms with van der Waals surface area (Å²) in [7, 11) is 1.49. The predicted molar refractivity (Wildman–Crippen MR) is 80.3 cm³/mol. The van der Waals surface area contributed by atoms with Crippen molar-refractivity contribution in [2.75, 3.05) is 12.9 Å². The number of alkyl halides is 3. The molecule has 0 radical (unpaired) electrons. The highest BCUT2D eigenvalue weighted by molar-refractivity contribution is 7.94. The number of nitrogens with zero attached hydrogens (tertiary/aromatic N) is 2. The maximum absolute atomic E-state index is 12.1. The topological polar surface area (TPSA) is 63.8 Å². The van der Waals surface area contributed by atoms with E-state index in [4.69, 9.17) is 14.1 Å². The molecule has 132 valence electrons. The Morgan fingerprint density at radius 3 is 2.48 bits per heavy atom. The van der Waals surface area contributed by atoms with E-state index < -0.39 is 18.2 Å². The summed E-state index contributed by atoms with van der Waals surface area (Å²) in [6, 6.07) is 2.14. The second-order valence-electron chi connectivity index (χ2n) is 5.31. The van der Waals surface area contributed by atoms with Gasteiger partial charge in [0.25, 0.3) is 0 Å². The van der Waals surface area contributed by atoms with Crippen molar-refractivity contribution >= 4 is 17.8 Å². The van der Waals surface area contributed by atoms with Crippen molar-refractivity contribution in [1.82, 2.24) is 0 Å². The number of rotatable bonds is 8. The Labute approximate surface area is 138 Å². The third kappa shape index (κ3) is 6.57. The van der Waals surface area contributed by atoms with Gasteiger partial charge in [-0.1, -0.05) is 12.1 Å². The molecule has 23 heavy (non-hydrogen) atoms. The molecule has 0 aromatic carbocycles. The highest BCUT2D eigenvalue weighted by atomic mass is 32.2. The molecule has 5 nitrogen and oxygen atoms in total. The van der Waals surface area contributed by atoms with Crippen molar-refractivity contribution in [2.24, 2.45) is 11.1 Å². The summed E-state index contributed by atoms with van der Waals surface area (Å²) in [6.45, 7) is 1.80. The number of hydrogen-bond acceptors (Lipinski definition) is 6. The Hall–Kier alpha value is -0.980. The van der Waals surface area contributed by atoms with E-state index in [1.165, 1.54) is 7.11 Å². The Balaban J connectivity index is 2.49. The first-order valence-corrected chi connectivity index (χ1v) is 8.32. The van der Waals surface area contributed by atoms with Gasteiger partial charge in [-0.25, -0.2) is 4.89 Å². The van der Waals surface area contributed by atoms with Crippen LogP contribution in [0.2, 0.25) is 0 Å². The van der Waals surface area contributed by atoms with Gasteiger partial charge >= 0.3 is 6.18 Å². The van der Waals surface area contributed by atoms with Gasteiger partial charge in [-0.3, -0.25) is 0 Å². The lowest BCUT2D eigenvalue weighted by Crippen LogP contribution is -2.40.